The highest BCUT2D eigenvalue weighted by molar-refractivity contribution is 5.99. The van der Waals surface area contributed by atoms with Crippen molar-refractivity contribution in [3.8, 4) is 0 Å². The van der Waals surface area contributed by atoms with Gasteiger partial charge in [0.2, 0.25) is 0 Å². The number of benzene rings is 2. The highest BCUT2D eigenvalue weighted by Gasteiger charge is 2.16. The second kappa shape index (κ2) is 8.35. The topological polar surface area (TPSA) is 96.5 Å². The summed E-state index contributed by atoms with van der Waals surface area (Å²) in [6.45, 7) is 7.23. The van der Waals surface area contributed by atoms with Gasteiger partial charge in [0, 0.05) is 16.8 Å². The minimum absolute atomic E-state index is 0.328. The lowest BCUT2D eigenvalue weighted by Gasteiger charge is -2.19. The highest BCUT2D eigenvalue weighted by atomic mass is 16.6. The minimum atomic E-state index is -0.598. The molecule has 0 saturated carbocycles. The fourth-order valence-corrected chi connectivity index (χ4v) is 2.09. The van der Waals surface area contributed by atoms with Gasteiger partial charge in [-0.25, -0.2) is 4.79 Å². The summed E-state index contributed by atoms with van der Waals surface area (Å²) in [5.41, 5.74) is 6.41. The summed E-state index contributed by atoms with van der Waals surface area (Å²) in [5, 5.41) is 2.58. The summed E-state index contributed by atoms with van der Waals surface area (Å²) < 4.78 is 5.16. The van der Waals surface area contributed by atoms with Gasteiger partial charge in [-0.05, 0) is 64.1 Å². The molecule has 0 fully saturated rings. The first-order valence-corrected chi connectivity index (χ1v) is 8.41. The molecule has 0 bridgehead atoms. The molecule has 7 heteroatoms. The van der Waals surface area contributed by atoms with Gasteiger partial charge in [-0.15, -0.1) is 0 Å². The molecule has 2 rings (SSSR count). The van der Waals surface area contributed by atoms with E-state index in [1.54, 1.807) is 45.0 Å². The Morgan fingerprint density at radius 2 is 1.22 bits per heavy atom. The van der Waals surface area contributed by atoms with Gasteiger partial charge in [-0.2, -0.15) is 0 Å². The van der Waals surface area contributed by atoms with Crippen LogP contribution in [0.25, 0.3) is 0 Å². The fraction of sp³-hybridized carbons (Fsp3) is 0.250. The molecule has 0 aliphatic carbocycles. The number of amides is 3. The van der Waals surface area contributed by atoms with Crippen LogP contribution in [0.2, 0.25) is 0 Å². The fourth-order valence-electron chi connectivity index (χ4n) is 2.09. The third-order valence-corrected chi connectivity index (χ3v) is 3.40. The van der Waals surface area contributed by atoms with Gasteiger partial charge in [0.25, 0.3) is 11.8 Å². The molecule has 0 heterocycles. The maximum Gasteiger partial charge on any atom is 0.412 e. The lowest BCUT2D eigenvalue weighted by Crippen LogP contribution is -2.41. The summed E-state index contributed by atoms with van der Waals surface area (Å²) in [5.74, 6) is -0.883. The van der Waals surface area contributed by atoms with Crippen molar-refractivity contribution in [1.82, 2.24) is 10.9 Å². The average Bonchev–Trinajstić information content (AvgIpc) is 2.59. The number of anilines is 1. The van der Waals surface area contributed by atoms with Crippen LogP contribution in [0.15, 0.2) is 48.5 Å². The van der Waals surface area contributed by atoms with Crippen LogP contribution in [-0.2, 0) is 4.74 Å². The van der Waals surface area contributed by atoms with E-state index in [4.69, 9.17) is 4.74 Å². The van der Waals surface area contributed by atoms with Crippen LogP contribution >= 0.6 is 0 Å². The molecule has 142 valence electrons. The number of carbonyl (C=O) groups excluding carboxylic acids is 3. The van der Waals surface area contributed by atoms with E-state index >= 15 is 0 Å². The first-order valence-electron chi connectivity index (χ1n) is 8.41. The Morgan fingerprint density at radius 1 is 0.778 bits per heavy atom. The number of ether oxygens (including phenoxy) is 1. The predicted octanol–water partition coefficient (Wildman–Crippen LogP) is 3.42. The predicted molar refractivity (Wildman–Crippen MR) is 102 cm³/mol. The van der Waals surface area contributed by atoms with Gasteiger partial charge in [0.15, 0.2) is 0 Å². The zero-order chi connectivity index (χ0) is 20.0. The van der Waals surface area contributed by atoms with Crippen LogP contribution in [0.3, 0.4) is 0 Å². The van der Waals surface area contributed by atoms with E-state index < -0.39 is 23.5 Å². The second-order valence-electron chi connectivity index (χ2n) is 6.98. The number of carbonyl (C=O) groups is 3. The van der Waals surface area contributed by atoms with Gasteiger partial charge in [0.05, 0.1) is 0 Å². The van der Waals surface area contributed by atoms with E-state index in [1.165, 1.54) is 12.1 Å². The van der Waals surface area contributed by atoms with Gasteiger partial charge in [-0.1, -0.05) is 17.7 Å². The highest BCUT2D eigenvalue weighted by Crippen LogP contribution is 2.13. The van der Waals surface area contributed by atoms with Crippen molar-refractivity contribution in [2.24, 2.45) is 0 Å². The lowest BCUT2D eigenvalue weighted by molar-refractivity contribution is 0.0635. The Labute approximate surface area is 158 Å². The molecule has 2 aromatic carbocycles. The van der Waals surface area contributed by atoms with Crippen molar-refractivity contribution in [3.05, 3.63) is 65.2 Å². The molecule has 0 saturated heterocycles. The quantitative estimate of drug-likeness (QED) is 0.722. The average molecular weight is 369 g/mol. The van der Waals surface area contributed by atoms with Crippen LogP contribution < -0.4 is 16.2 Å². The van der Waals surface area contributed by atoms with E-state index in [-0.39, 0.29) is 0 Å². The van der Waals surface area contributed by atoms with Crippen LogP contribution in [-0.4, -0.2) is 23.5 Å². The molecule has 2 aromatic rings. The summed E-state index contributed by atoms with van der Waals surface area (Å²) in [7, 11) is 0. The van der Waals surface area contributed by atoms with Crippen molar-refractivity contribution in [2.45, 2.75) is 33.3 Å². The van der Waals surface area contributed by atoms with E-state index in [1.807, 2.05) is 19.1 Å². The summed E-state index contributed by atoms with van der Waals surface area (Å²) in [4.78, 5) is 35.8. The van der Waals surface area contributed by atoms with Crippen molar-refractivity contribution in [3.63, 3.8) is 0 Å². The maximum absolute atomic E-state index is 12.1. The van der Waals surface area contributed by atoms with Gasteiger partial charge in [-0.3, -0.25) is 25.8 Å². The van der Waals surface area contributed by atoms with Gasteiger partial charge < -0.3 is 4.74 Å². The molecule has 27 heavy (non-hydrogen) atoms. The summed E-state index contributed by atoms with van der Waals surface area (Å²) in [6, 6.07) is 13.2. The van der Waals surface area contributed by atoms with Crippen molar-refractivity contribution in [2.75, 3.05) is 5.32 Å². The van der Waals surface area contributed by atoms with E-state index in [0.717, 1.165) is 5.56 Å². The van der Waals surface area contributed by atoms with E-state index in [9.17, 15) is 14.4 Å². The molecular weight excluding hydrogens is 346 g/mol. The maximum atomic E-state index is 12.1. The molecule has 0 spiro atoms. The Kier molecular flexibility index (Phi) is 6.18. The number of rotatable bonds is 3. The molecule has 0 aliphatic heterocycles. The first-order chi connectivity index (χ1) is 12.6. The molecule has 3 N–H and O–H groups in total. The third kappa shape index (κ3) is 6.47. The number of aryl methyl sites for hydroxylation is 1. The largest absolute Gasteiger partial charge is 0.444 e. The Balaban J connectivity index is 1.88. The molecular formula is C20H23N3O4. The zero-order valence-corrected chi connectivity index (χ0v) is 15.8. The summed E-state index contributed by atoms with van der Waals surface area (Å²) in [6.07, 6.45) is -0.579. The smallest absolute Gasteiger partial charge is 0.412 e. The zero-order valence-electron chi connectivity index (χ0n) is 15.8. The molecule has 0 aliphatic rings. The SMILES string of the molecule is Cc1ccc(C(=O)NNC(=O)c2ccc(NC(=O)OC(C)(C)C)cc2)cc1. The number of hydrazine groups is 1. The first kappa shape index (κ1) is 20.0. The second-order valence-corrected chi connectivity index (χ2v) is 6.98. The molecule has 7 nitrogen and oxygen atoms in total. The monoisotopic (exact) mass is 369 g/mol. The van der Waals surface area contributed by atoms with Gasteiger partial charge in [0.1, 0.15) is 5.60 Å². The van der Waals surface area contributed by atoms with Crippen molar-refractivity contribution >= 4 is 23.6 Å². The molecule has 0 aromatic heterocycles. The number of hydrogen-bond acceptors (Lipinski definition) is 4. The molecule has 0 atom stereocenters. The Bertz CT molecular complexity index is 822. The minimum Gasteiger partial charge on any atom is -0.444 e. The van der Waals surface area contributed by atoms with E-state index in [0.29, 0.717) is 16.8 Å². The normalized spacial score (nSPS) is 10.7. The van der Waals surface area contributed by atoms with Crippen molar-refractivity contribution < 1.29 is 19.1 Å². The molecule has 0 radical (unpaired) electrons. The van der Waals surface area contributed by atoms with Gasteiger partial charge >= 0.3 is 6.09 Å². The van der Waals surface area contributed by atoms with E-state index in [2.05, 4.69) is 16.2 Å². The Hall–Kier alpha value is -3.35. The molecule has 3 amide bonds. The Morgan fingerprint density at radius 3 is 1.67 bits per heavy atom. The number of hydrogen-bond donors (Lipinski definition) is 3. The van der Waals surface area contributed by atoms with Crippen LogP contribution in [0.1, 0.15) is 47.1 Å². The number of nitrogens with one attached hydrogen (secondary N) is 3. The van der Waals surface area contributed by atoms with Crippen LogP contribution in [0.4, 0.5) is 10.5 Å². The van der Waals surface area contributed by atoms with Crippen LogP contribution in [0, 0.1) is 6.92 Å². The lowest BCUT2D eigenvalue weighted by atomic mass is 10.1. The van der Waals surface area contributed by atoms with Crippen molar-refractivity contribution in [1.29, 1.82) is 0 Å². The van der Waals surface area contributed by atoms with Crippen LogP contribution in [0.5, 0.6) is 0 Å². The standard InChI is InChI=1S/C20H23N3O4/c1-13-5-7-14(8-6-13)17(24)22-23-18(25)15-9-11-16(12-10-15)21-19(26)27-20(2,3)4/h5-12H,1-4H3,(H,21,26)(H,22,24)(H,23,25). The summed E-state index contributed by atoms with van der Waals surface area (Å²) >= 11 is 0. The third-order valence-electron chi connectivity index (χ3n) is 3.40. The molecule has 0 unspecified atom stereocenters.